The van der Waals surface area contributed by atoms with Crippen molar-refractivity contribution in [2.75, 3.05) is 20.3 Å². The van der Waals surface area contributed by atoms with Gasteiger partial charge < -0.3 is 24.8 Å². The molecular formula is C27H32N2O6. The molecule has 1 heterocycles. The number of carboxylic acid groups (broad SMARTS) is 1. The highest BCUT2D eigenvalue weighted by atomic mass is 16.5. The van der Waals surface area contributed by atoms with Gasteiger partial charge in [-0.1, -0.05) is 55.5 Å². The van der Waals surface area contributed by atoms with Crippen molar-refractivity contribution in [1.29, 1.82) is 0 Å². The highest BCUT2D eigenvalue weighted by Gasteiger charge is 2.50. The molecule has 2 aromatic carbocycles. The number of ether oxygens (including phenoxy) is 2. The van der Waals surface area contributed by atoms with Crippen LogP contribution >= 0.6 is 0 Å². The Balaban J connectivity index is 1.49. The van der Waals surface area contributed by atoms with Crippen LogP contribution in [0.5, 0.6) is 0 Å². The monoisotopic (exact) mass is 480 g/mol. The van der Waals surface area contributed by atoms with Crippen molar-refractivity contribution in [3.05, 3.63) is 59.7 Å². The molecule has 0 saturated carbocycles. The number of rotatable bonds is 8. The van der Waals surface area contributed by atoms with Crippen LogP contribution in [0.1, 0.15) is 50.2 Å². The standard InChI is InChI=1S/C27H32N2O6/c1-4-27(25(31)32)14-9-15-29(27)24(30)23(17(2)34-3)28-26(33)35-16-22-20-12-7-5-10-18(20)19-11-6-8-13-21(19)22/h5-8,10-13,17,22-23H,4,9,14-16H2,1-3H3,(H,28,33)(H,31,32). The van der Waals surface area contributed by atoms with Crippen LogP contribution in [0.3, 0.4) is 0 Å². The van der Waals surface area contributed by atoms with Gasteiger partial charge in [0.2, 0.25) is 5.91 Å². The lowest BCUT2D eigenvalue weighted by Crippen LogP contribution is -2.60. The van der Waals surface area contributed by atoms with Crippen LogP contribution in [-0.2, 0) is 19.1 Å². The number of likely N-dealkylation sites (tertiary alicyclic amines) is 1. The first kappa shape index (κ1) is 24.7. The summed E-state index contributed by atoms with van der Waals surface area (Å²) in [5.74, 6) is -1.62. The van der Waals surface area contributed by atoms with Crippen molar-refractivity contribution >= 4 is 18.0 Å². The van der Waals surface area contributed by atoms with Crippen LogP contribution < -0.4 is 5.32 Å². The molecule has 1 saturated heterocycles. The average molecular weight is 481 g/mol. The molecule has 0 radical (unpaired) electrons. The summed E-state index contributed by atoms with van der Waals surface area (Å²) in [4.78, 5) is 39.8. The maximum Gasteiger partial charge on any atom is 0.407 e. The van der Waals surface area contributed by atoms with Gasteiger partial charge in [-0.2, -0.15) is 0 Å². The Kier molecular flexibility index (Phi) is 7.12. The minimum absolute atomic E-state index is 0.111. The number of hydrogen-bond acceptors (Lipinski definition) is 5. The fourth-order valence-corrected chi connectivity index (χ4v) is 5.39. The second-order valence-electron chi connectivity index (χ2n) is 9.17. The van der Waals surface area contributed by atoms with Gasteiger partial charge in [0.15, 0.2) is 0 Å². The van der Waals surface area contributed by atoms with Gasteiger partial charge >= 0.3 is 12.1 Å². The van der Waals surface area contributed by atoms with Gasteiger partial charge in [-0.15, -0.1) is 0 Å². The van der Waals surface area contributed by atoms with Crippen LogP contribution in [0.2, 0.25) is 0 Å². The topological polar surface area (TPSA) is 105 Å². The minimum atomic E-state index is -1.27. The summed E-state index contributed by atoms with van der Waals surface area (Å²) < 4.78 is 11.0. The lowest BCUT2D eigenvalue weighted by atomic mass is 9.92. The highest BCUT2D eigenvalue weighted by molar-refractivity contribution is 5.92. The summed E-state index contributed by atoms with van der Waals surface area (Å²) in [6.07, 6.45) is -0.167. The summed E-state index contributed by atoms with van der Waals surface area (Å²) in [5.41, 5.74) is 3.15. The SMILES string of the molecule is CCC1(C(=O)O)CCCN1C(=O)C(NC(=O)OCC1c2ccccc2-c2ccccc21)C(C)OC. The predicted molar refractivity (Wildman–Crippen MR) is 130 cm³/mol. The Morgan fingerprint density at radius 2 is 1.71 bits per heavy atom. The van der Waals surface area contributed by atoms with Crippen molar-refractivity contribution < 1.29 is 29.0 Å². The molecule has 0 spiro atoms. The van der Waals surface area contributed by atoms with E-state index in [0.717, 1.165) is 22.3 Å². The number of nitrogens with one attached hydrogen (secondary N) is 1. The van der Waals surface area contributed by atoms with Crippen molar-refractivity contribution in [2.45, 2.75) is 56.7 Å². The molecular weight excluding hydrogens is 448 g/mol. The molecule has 2 aliphatic rings. The van der Waals surface area contributed by atoms with Crippen LogP contribution in [0, 0.1) is 0 Å². The Labute approximate surface area is 205 Å². The summed E-state index contributed by atoms with van der Waals surface area (Å²) in [6.45, 7) is 3.85. The van der Waals surface area contributed by atoms with Gasteiger partial charge in [-0.05, 0) is 48.4 Å². The predicted octanol–water partition coefficient (Wildman–Crippen LogP) is 3.78. The fraction of sp³-hybridized carbons (Fsp3) is 0.444. The quantitative estimate of drug-likeness (QED) is 0.596. The normalized spacial score (nSPS) is 20.6. The number of aliphatic carboxylic acids is 1. The van der Waals surface area contributed by atoms with E-state index in [9.17, 15) is 19.5 Å². The van der Waals surface area contributed by atoms with Gasteiger partial charge in [0.25, 0.3) is 0 Å². The number of benzene rings is 2. The zero-order valence-corrected chi connectivity index (χ0v) is 20.3. The van der Waals surface area contributed by atoms with Crippen molar-refractivity contribution in [3.8, 4) is 11.1 Å². The van der Waals surface area contributed by atoms with Crippen LogP contribution in [0.15, 0.2) is 48.5 Å². The summed E-state index contributed by atoms with van der Waals surface area (Å²) in [6, 6.07) is 15.0. The summed E-state index contributed by atoms with van der Waals surface area (Å²) >= 11 is 0. The molecule has 1 aliphatic carbocycles. The molecule has 2 N–H and O–H groups in total. The zero-order chi connectivity index (χ0) is 25.2. The average Bonchev–Trinajstić information content (AvgIpc) is 3.45. The second kappa shape index (κ2) is 10.1. The van der Waals surface area contributed by atoms with E-state index in [2.05, 4.69) is 17.4 Å². The summed E-state index contributed by atoms with van der Waals surface area (Å²) in [7, 11) is 1.44. The molecule has 2 aromatic rings. The molecule has 35 heavy (non-hydrogen) atoms. The summed E-state index contributed by atoms with van der Waals surface area (Å²) in [5, 5.41) is 12.5. The molecule has 4 rings (SSSR count). The number of amides is 2. The number of fused-ring (bicyclic) bond motifs is 3. The van der Waals surface area contributed by atoms with Crippen molar-refractivity contribution in [2.24, 2.45) is 0 Å². The lowest BCUT2D eigenvalue weighted by Gasteiger charge is -2.37. The van der Waals surface area contributed by atoms with Gasteiger partial charge in [0.05, 0.1) is 6.10 Å². The van der Waals surface area contributed by atoms with E-state index in [1.54, 1.807) is 13.8 Å². The number of carbonyl (C=O) groups is 3. The third kappa shape index (κ3) is 4.38. The Bertz CT molecular complexity index is 1070. The minimum Gasteiger partial charge on any atom is -0.479 e. The van der Waals surface area contributed by atoms with E-state index >= 15 is 0 Å². The van der Waals surface area contributed by atoms with E-state index in [-0.39, 0.29) is 18.9 Å². The van der Waals surface area contributed by atoms with E-state index in [4.69, 9.17) is 9.47 Å². The lowest BCUT2D eigenvalue weighted by molar-refractivity contribution is -0.158. The Hall–Kier alpha value is -3.39. The van der Waals surface area contributed by atoms with Gasteiger partial charge in [0, 0.05) is 19.6 Å². The largest absolute Gasteiger partial charge is 0.479 e. The van der Waals surface area contributed by atoms with E-state index in [1.807, 2.05) is 36.4 Å². The molecule has 186 valence electrons. The van der Waals surface area contributed by atoms with Crippen LogP contribution in [-0.4, -0.2) is 65.9 Å². The van der Waals surface area contributed by atoms with Crippen molar-refractivity contribution in [1.82, 2.24) is 10.2 Å². The molecule has 1 fully saturated rings. The highest BCUT2D eigenvalue weighted by Crippen LogP contribution is 2.44. The Morgan fingerprint density at radius 3 is 2.26 bits per heavy atom. The zero-order valence-electron chi connectivity index (χ0n) is 20.3. The van der Waals surface area contributed by atoms with Gasteiger partial charge in [-0.25, -0.2) is 9.59 Å². The molecule has 3 atom stereocenters. The maximum atomic E-state index is 13.5. The molecule has 0 aromatic heterocycles. The molecule has 2 amide bonds. The van der Waals surface area contributed by atoms with Crippen LogP contribution in [0.25, 0.3) is 11.1 Å². The second-order valence-corrected chi connectivity index (χ2v) is 9.17. The van der Waals surface area contributed by atoms with Crippen molar-refractivity contribution in [3.63, 3.8) is 0 Å². The van der Waals surface area contributed by atoms with E-state index in [0.29, 0.717) is 19.4 Å². The molecule has 8 nitrogen and oxygen atoms in total. The third-order valence-electron chi connectivity index (χ3n) is 7.46. The fourth-order valence-electron chi connectivity index (χ4n) is 5.39. The number of carboxylic acids is 1. The molecule has 8 heteroatoms. The van der Waals surface area contributed by atoms with E-state index in [1.165, 1.54) is 12.0 Å². The first-order valence-corrected chi connectivity index (χ1v) is 12.0. The number of hydrogen-bond donors (Lipinski definition) is 2. The molecule has 3 unspecified atom stereocenters. The molecule has 1 aliphatic heterocycles. The maximum absolute atomic E-state index is 13.5. The number of carbonyl (C=O) groups excluding carboxylic acids is 2. The first-order chi connectivity index (χ1) is 16.8. The third-order valence-corrected chi connectivity index (χ3v) is 7.46. The number of nitrogens with zero attached hydrogens (tertiary/aromatic N) is 1. The van der Waals surface area contributed by atoms with E-state index < -0.39 is 35.7 Å². The molecule has 0 bridgehead atoms. The number of alkyl carbamates (subject to hydrolysis) is 1. The first-order valence-electron chi connectivity index (χ1n) is 12.0. The van der Waals surface area contributed by atoms with Crippen LogP contribution in [0.4, 0.5) is 4.79 Å². The smallest absolute Gasteiger partial charge is 0.407 e. The number of methoxy groups -OCH3 is 1. The Morgan fingerprint density at radius 1 is 1.11 bits per heavy atom. The van der Waals surface area contributed by atoms with Gasteiger partial charge in [-0.3, -0.25) is 4.79 Å². The van der Waals surface area contributed by atoms with Gasteiger partial charge in [0.1, 0.15) is 18.2 Å².